The van der Waals surface area contributed by atoms with Gasteiger partial charge in [-0.1, -0.05) is 6.07 Å². The number of nitrogens with one attached hydrogen (secondary N) is 1. The van der Waals surface area contributed by atoms with E-state index in [9.17, 15) is 22.4 Å². The third-order valence-electron chi connectivity index (χ3n) is 4.14. The third kappa shape index (κ3) is 4.02. The van der Waals surface area contributed by atoms with Crippen LogP contribution in [0.4, 0.5) is 17.6 Å². The maximum Gasteiger partial charge on any atom is 0.276 e. The molecule has 1 aliphatic heterocycles. The largest absolute Gasteiger partial charge is 0.496 e. The van der Waals surface area contributed by atoms with Crippen molar-refractivity contribution in [2.45, 2.75) is 6.61 Å². The number of ether oxygens (including phenoxy) is 2. The van der Waals surface area contributed by atoms with Gasteiger partial charge in [0.15, 0.2) is 22.5 Å². The number of benzene rings is 2. The molecular weight excluding hydrogens is 412 g/mol. The van der Waals surface area contributed by atoms with Crippen molar-refractivity contribution in [2.24, 2.45) is 0 Å². The molecule has 5 nitrogen and oxygen atoms in total. The van der Waals surface area contributed by atoms with Gasteiger partial charge >= 0.3 is 0 Å². The Hall–Kier alpha value is -3.14. The van der Waals surface area contributed by atoms with Crippen LogP contribution in [-0.4, -0.2) is 30.1 Å². The normalized spacial score (nSPS) is 15.1. The van der Waals surface area contributed by atoms with E-state index in [0.29, 0.717) is 16.9 Å². The lowest BCUT2D eigenvalue weighted by molar-refractivity contribution is -0.121. The first kappa shape index (κ1) is 20.6. The van der Waals surface area contributed by atoms with Crippen LogP contribution in [0.25, 0.3) is 6.08 Å². The summed E-state index contributed by atoms with van der Waals surface area (Å²) >= 11 is 5.00. The Kier molecular flexibility index (Phi) is 5.73. The van der Waals surface area contributed by atoms with Crippen LogP contribution in [0.15, 0.2) is 30.0 Å². The second-order valence-corrected chi connectivity index (χ2v) is 6.40. The topological polar surface area (TPSA) is 50.8 Å². The fourth-order valence-electron chi connectivity index (χ4n) is 2.62. The molecule has 0 unspecified atom stereocenters. The molecule has 1 saturated heterocycles. The minimum Gasteiger partial charge on any atom is -0.496 e. The van der Waals surface area contributed by atoms with E-state index in [0.717, 1.165) is 0 Å². The molecule has 1 fully saturated rings. The number of nitrogens with zero attached hydrogens (tertiary/aromatic N) is 1. The summed E-state index contributed by atoms with van der Waals surface area (Å²) in [5.41, 5.74) is 1.09. The minimum atomic E-state index is -1.64. The first-order valence-electron chi connectivity index (χ1n) is 8.16. The van der Waals surface area contributed by atoms with Gasteiger partial charge in [0.2, 0.25) is 11.6 Å². The van der Waals surface area contributed by atoms with Crippen molar-refractivity contribution in [3.05, 3.63) is 64.4 Å². The molecule has 10 heteroatoms. The van der Waals surface area contributed by atoms with E-state index in [4.69, 9.17) is 21.7 Å². The van der Waals surface area contributed by atoms with E-state index >= 15 is 0 Å². The number of hydrogen-bond donors (Lipinski definition) is 1. The molecule has 1 heterocycles. The standard InChI is InChI=1S/C19H14F4N2O3S/c1-25-18(26)13(24-19(25)29)6-9-3-4-14(27-2)10(5-9)8-28-17-15(22)11(20)7-12(21)16(17)23/h3-7H,8H2,1-2H3,(H,24,29)/b13-6+. The molecule has 0 atom stereocenters. The summed E-state index contributed by atoms with van der Waals surface area (Å²) in [6, 6.07) is 4.81. The van der Waals surface area contributed by atoms with Crippen LogP contribution < -0.4 is 14.8 Å². The highest BCUT2D eigenvalue weighted by atomic mass is 32.1. The highest BCUT2D eigenvalue weighted by Crippen LogP contribution is 2.29. The number of halogens is 4. The highest BCUT2D eigenvalue weighted by Gasteiger charge is 2.27. The maximum absolute atomic E-state index is 13.8. The van der Waals surface area contributed by atoms with Crippen molar-refractivity contribution in [1.82, 2.24) is 10.2 Å². The fourth-order valence-corrected chi connectivity index (χ4v) is 2.81. The van der Waals surface area contributed by atoms with Gasteiger partial charge in [0.25, 0.3) is 5.91 Å². The number of thiocarbonyl (C=S) groups is 1. The van der Waals surface area contributed by atoms with Gasteiger partial charge in [-0.2, -0.15) is 8.78 Å². The summed E-state index contributed by atoms with van der Waals surface area (Å²) in [5.74, 6) is -7.62. The van der Waals surface area contributed by atoms with Crippen LogP contribution in [0.1, 0.15) is 11.1 Å². The van der Waals surface area contributed by atoms with E-state index in [-0.39, 0.29) is 22.8 Å². The smallest absolute Gasteiger partial charge is 0.276 e. The second kappa shape index (κ2) is 8.08. The number of hydrogen-bond acceptors (Lipinski definition) is 4. The zero-order valence-corrected chi connectivity index (χ0v) is 16.0. The van der Waals surface area contributed by atoms with Crippen LogP contribution in [0, 0.1) is 23.3 Å². The quantitative estimate of drug-likeness (QED) is 0.343. The molecule has 2 aromatic rings. The van der Waals surface area contributed by atoms with Crippen molar-refractivity contribution in [3.63, 3.8) is 0 Å². The third-order valence-corrected chi connectivity index (χ3v) is 4.52. The number of likely N-dealkylation sites (N-methyl/N-ethyl adjacent to an activating group) is 1. The zero-order valence-electron chi connectivity index (χ0n) is 15.2. The molecule has 1 N–H and O–H groups in total. The van der Waals surface area contributed by atoms with Gasteiger partial charge in [-0.05, 0) is 36.0 Å². The summed E-state index contributed by atoms with van der Waals surface area (Å²) in [6.07, 6.45) is 1.52. The van der Waals surface area contributed by atoms with Gasteiger partial charge in [-0.3, -0.25) is 9.69 Å². The predicted molar refractivity (Wildman–Crippen MR) is 100 cm³/mol. The lowest BCUT2D eigenvalue weighted by Gasteiger charge is -2.13. The molecular formula is C19H14F4N2O3S. The Morgan fingerprint density at radius 1 is 1.14 bits per heavy atom. The second-order valence-electron chi connectivity index (χ2n) is 6.01. The number of methoxy groups -OCH3 is 1. The van der Waals surface area contributed by atoms with E-state index < -0.39 is 35.6 Å². The molecule has 29 heavy (non-hydrogen) atoms. The maximum atomic E-state index is 13.8. The monoisotopic (exact) mass is 426 g/mol. The lowest BCUT2D eigenvalue weighted by Crippen LogP contribution is -2.25. The summed E-state index contributed by atoms with van der Waals surface area (Å²) in [6.45, 7) is -0.448. The van der Waals surface area contributed by atoms with E-state index in [2.05, 4.69) is 5.32 Å². The fraction of sp³-hybridized carbons (Fsp3) is 0.158. The predicted octanol–water partition coefficient (Wildman–Crippen LogP) is 3.52. The van der Waals surface area contributed by atoms with Crippen molar-refractivity contribution in [1.29, 1.82) is 0 Å². The van der Waals surface area contributed by atoms with Crippen LogP contribution in [0.5, 0.6) is 11.5 Å². The van der Waals surface area contributed by atoms with Gasteiger partial charge in [-0.25, -0.2) is 8.78 Å². The molecule has 152 valence electrons. The Balaban J connectivity index is 1.90. The molecule has 0 aliphatic carbocycles. The first-order chi connectivity index (χ1) is 13.7. The van der Waals surface area contributed by atoms with Gasteiger partial charge in [-0.15, -0.1) is 0 Å². The lowest BCUT2D eigenvalue weighted by atomic mass is 10.1. The Bertz CT molecular complexity index is 1020. The molecule has 3 rings (SSSR count). The minimum absolute atomic E-state index is 0.0952. The number of carbonyl (C=O) groups excluding carboxylic acids is 1. The first-order valence-corrected chi connectivity index (χ1v) is 8.57. The Morgan fingerprint density at radius 3 is 2.34 bits per heavy atom. The summed E-state index contributed by atoms with van der Waals surface area (Å²) < 4.78 is 64.4. The van der Waals surface area contributed by atoms with Gasteiger partial charge in [0.05, 0.1) is 7.11 Å². The molecule has 2 aromatic carbocycles. The van der Waals surface area contributed by atoms with Crippen LogP contribution in [0.3, 0.4) is 0 Å². The number of amides is 1. The molecule has 0 saturated carbocycles. The number of carbonyl (C=O) groups is 1. The van der Waals surface area contributed by atoms with E-state index in [1.165, 1.54) is 31.2 Å². The molecule has 1 amide bonds. The average molecular weight is 426 g/mol. The molecule has 0 spiro atoms. The molecule has 0 aromatic heterocycles. The van der Waals surface area contributed by atoms with Crippen molar-refractivity contribution >= 4 is 29.3 Å². The van der Waals surface area contributed by atoms with E-state index in [1.807, 2.05) is 0 Å². The number of rotatable bonds is 5. The summed E-state index contributed by atoms with van der Waals surface area (Å²) in [5, 5.41) is 3.01. The Labute approximate surface area is 168 Å². The molecule has 0 radical (unpaired) electrons. The van der Waals surface area contributed by atoms with Crippen molar-refractivity contribution < 1.29 is 31.8 Å². The van der Waals surface area contributed by atoms with E-state index in [1.54, 1.807) is 12.1 Å². The average Bonchev–Trinajstić information content (AvgIpc) is 2.93. The molecule has 1 aliphatic rings. The zero-order chi connectivity index (χ0) is 21.3. The van der Waals surface area contributed by atoms with Gasteiger partial charge < -0.3 is 14.8 Å². The van der Waals surface area contributed by atoms with Gasteiger partial charge in [0.1, 0.15) is 18.1 Å². The highest BCUT2D eigenvalue weighted by molar-refractivity contribution is 7.80. The van der Waals surface area contributed by atoms with Crippen LogP contribution >= 0.6 is 12.2 Å². The Morgan fingerprint density at radius 2 is 1.79 bits per heavy atom. The SMILES string of the molecule is COc1ccc(/C=C2/NC(=S)N(C)C2=O)cc1COc1c(F)c(F)cc(F)c1F. The van der Waals surface area contributed by atoms with Gasteiger partial charge in [0, 0.05) is 18.7 Å². The van der Waals surface area contributed by atoms with Crippen LogP contribution in [0.2, 0.25) is 0 Å². The van der Waals surface area contributed by atoms with Crippen LogP contribution in [-0.2, 0) is 11.4 Å². The van der Waals surface area contributed by atoms with Crippen molar-refractivity contribution in [2.75, 3.05) is 14.2 Å². The van der Waals surface area contributed by atoms with Crippen molar-refractivity contribution in [3.8, 4) is 11.5 Å². The summed E-state index contributed by atoms with van der Waals surface area (Å²) in [7, 11) is 2.89. The summed E-state index contributed by atoms with van der Waals surface area (Å²) in [4.78, 5) is 13.3. The molecule has 0 bridgehead atoms.